The molecule has 0 saturated heterocycles. The van der Waals surface area contributed by atoms with Crippen LogP contribution in [0.3, 0.4) is 0 Å². The van der Waals surface area contributed by atoms with Crippen molar-refractivity contribution < 1.29 is 0 Å². The average Bonchev–Trinajstić information content (AvgIpc) is 2.75. The van der Waals surface area contributed by atoms with Gasteiger partial charge in [0.25, 0.3) is 0 Å². The van der Waals surface area contributed by atoms with Crippen molar-refractivity contribution in [1.29, 1.82) is 0 Å². The van der Waals surface area contributed by atoms with Gasteiger partial charge in [-0.15, -0.1) is 0 Å². The van der Waals surface area contributed by atoms with Crippen molar-refractivity contribution in [3.8, 4) is 0 Å². The Hall–Kier alpha value is -2.08. The Morgan fingerprint density at radius 2 is 2.05 bits per heavy atom. The lowest BCUT2D eigenvalue weighted by Gasteiger charge is -2.05. The number of imidazole rings is 1. The molecule has 0 aliphatic rings. The predicted octanol–water partition coefficient (Wildman–Crippen LogP) is 2.47. The van der Waals surface area contributed by atoms with Crippen LogP contribution in [0.15, 0.2) is 40.8 Å². The minimum atomic E-state index is 0.470. The van der Waals surface area contributed by atoms with Gasteiger partial charge in [0.05, 0.1) is 6.20 Å². The monoisotopic (exact) mass is 271 g/mol. The van der Waals surface area contributed by atoms with E-state index in [0.717, 1.165) is 21.4 Å². The zero-order valence-electron chi connectivity index (χ0n) is 10.7. The van der Waals surface area contributed by atoms with Crippen molar-refractivity contribution in [2.24, 2.45) is 0 Å². The fraction of sp³-hybridized carbons (Fsp3) is 0.154. The number of rotatable bonds is 2. The highest BCUT2D eigenvalue weighted by Crippen LogP contribution is 2.28. The summed E-state index contributed by atoms with van der Waals surface area (Å²) < 4.78 is 1.87. The Morgan fingerprint density at radius 1 is 1.21 bits per heavy atom. The zero-order valence-corrected chi connectivity index (χ0v) is 11.5. The number of anilines is 1. The number of hydrogen-bond acceptors (Lipinski definition) is 5. The van der Waals surface area contributed by atoms with Gasteiger partial charge in [-0.2, -0.15) is 0 Å². The minimum absolute atomic E-state index is 0.470. The molecule has 6 heteroatoms. The van der Waals surface area contributed by atoms with Gasteiger partial charge in [-0.05, 0) is 43.3 Å². The molecule has 0 fully saturated rings. The summed E-state index contributed by atoms with van der Waals surface area (Å²) in [6, 6.07) is 4.07. The number of nitrogens with zero attached hydrogens (tertiary/aromatic N) is 4. The van der Waals surface area contributed by atoms with Crippen LogP contribution in [0.4, 0.5) is 5.82 Å². The van der Waals surface area contributed by atoms with Gasteiger partial charge in [-0.1, -0.05) is 0 Å². The van der Waals surface area contributed by atoms with Gasteiger partial charge in [-0.3, -0.25) is 0 Å². The molecule has 3 rings (SSSR count). The molecule has 3 aromatic heterocycles. The first-order chi connectivity index (χ1) is 9.11. The molecule has 0 aliphatic heterocycles. The van der Waals surface area contributed by atoms with Crippen LogP contribution in [-0.4, -0.2) is 19.4 Å². The van der Waals surface area contributed by atoms with Crippen molar-refractivity contribution in [3.05, 3.63) is 42.0 Å². The summed E-state index contributed by atoms with van der Waals surface area (Å²) >= 11 is 1.48. The SMILES string of the molecule is Cc1cc(C)nc(Sc2nc(N)cn3ccnc23)c1. The molecule has 3 heterocycles. The molecule has 0 saturated carbocycles. The molecule has 0 amide bonds. The van der Waals surface area contributed by atoms with E-state index < -0.39 is 0 Å². The van der Waals surface area contributed by atoms with Crippen molar-refractivity contribution in [1.82, 2.24) is 19.4 Å². The van der Waals surface area contributed by atoms with E-state index in [4.69, 9.17) is 5.73 Å². The summed E-state index contributed by atoms with van der Waals surface area (Å²) in [5.74, 6) is 0.470. The molecule has 0 spiro atoms. The van der Waals surface area contributed by atoms with Crippen molar-refractivity contribution in [2.75, 3.05) is 5.73 Å². The first-order valence-corrected chi connectivity index (χ1v) is 6.66. The van der Waals surface area contributed by atoms with E-state index in [9.17, 15) is 0 Å². The maximum atomic E-state index is 5.80. The quantitative estimate of drug-likeness (QED) is 0.775. The molecule has 0 bridgehead atoms. The zero-order chi connectivity index (χ0) is 13.4. The second-order valence-corrected chi connectivity index (χ2v) is 5.36. The van der Waals surface area contributed by atoms with E-state index in [1.165, 1.54) is 17.3 Å². The first-order valence-electron chi connectivity index (χ1n) is 5.84. The second-order valence-electron chi connectivity index (χ2n) is 4.36. The van der Waals surface area contributed by atoms with E-state index in [1.807, 2.05) is 29.7 Å². The van der Waals surface area contributed by atoms with Gasteiger partial charge in [-0.25, -0.2) is 15.0 Å². The highest BCUT2D eigenvalue weighted by Gasteiger charge is 2.09. The van der Waals surface area contributed by atoms with Gasteiger partial charge >= 0.3 is 0 Å². The lowest BCUT2D eigenvalue weighted by atomic mass is 10.3. The molecule has 0 radical (unpaired) electrons. The summed E-state index contributed by atoms with van der Waals surface area (Å²) in [4.78, 5) is 13.1. The third-order valence-electron chi connectivity index (χ3n) is 2.64. The van der Waals surface area contributed by atoms with Gasteiger partial charge < -0.3 is 10.1 Å². The highest BCUT2D eigenvalue weighted by atomic mass is 32.2. The largest absolute Gasteiger partial charge is 0.382 e. The molecule has 2 N–H and O–H groups in total. The predicted molar refractivity (Wildman–Crippen MR) is 75.2 cm³/mol. The summed E-state index contributed by atoms with van der Waals surface area (Å²) in [6.45, 7) is 4.03. The molecule has 0 unspecified atom stereocenters. The Bertz CT molecular complexity index is 730. The molecule has 0 atom stereocenters. The molecule has 19 heavy (non-hydrogen) atoms. The number of aryl methyl sites for hydroxylation is 2. The normalized spacial score (nSPS) is 11.1. The topological polar surface area (TPSA) is 69.1 Å². The van der Waals surface area contributed by atoms with Crippen LogP contribution < -0.4 is 5.73 Å². The smallest absolute Gasteiger partial charge is 0.170 e. The second kappa shape index (κ2) is 4.55. The standard InChI is InChI=1S/C13H13N5S/c1-8-5-9(2)16-11(6-8)19-13-12-15-3-4-18(12)7-10(14)17-13/h3-7H,14H2,1-2H3. The first kappa shape index (κ1) is 12.0. The summed E-state index contributed by atoms with van der Waals surface area (Å²) in [7, 11) is 0. The molecule has 0 aliphatic carbocycles. The van der Waals surface area contributed by atoms with Gasteiger partial charge in [0.1, 0.15) is 15.9 Å². The lowest BCUT2D eigenvalue weighted by molar-refractivity contribution is 1.02. The number of fused-ring (bicyclic) bond motifs is 1. The summed E-state index contributed by atoms with van der Waals surface area (Å²) in [6.07, 6.45) is 5.34. The minimum Gasteiger partial charge on any atom is -0.382 e. The molecule has 96 valence electrons. The number of aromatic nitrogens is 4. The van der Waals surface area contributed by atoms with Crippen LogP contribution in [0.5, 0.6) is 0 Å². The molecule has 3 aromatic rings. The molecular formula is C13H13N5S. The fourth-order valence-electron chi connectivity index (χ4n) is 1.95. The van der Waals surface area contributed by atoms with Crippen LogP contribution in [0.1, 0.15) is 11.3 Å². The third kappa shape index (κ3) is 2.39. The van der Waals surface area contributed by atoms with Gasteiger partial charge in [0.15, 0.2) is 5.65 Å². The Labute approximate surface area is 114 Å². The van der Waals surface area contributed by atoms with Crippen molar-refractivity contribution in [3.63, 3.8) is 0 Å². The molecule has 0 aromatic carbocycles. The van der Waals surface area contributed by atoms with Crippen LogP contribution in [0.2, 0.25) is 0 Å². The summed E-state index contributed by atoms with van der Waals surface area (Å²) in [5, 5.41) is 1.67. The lowest BCUT2D eigenvalue weighted by Crippen LogP contribution is -1.98. The Morgan fingerprint density at radius 3 is 2.84 bits per heavy atom. The van der Waals surface area contributed by atoms with E-state index in [0.29, 0.717) is 5.82 Å². The van der Waals surface area contributed by atoms with Gasteiger partial charge in [0, 0.05) is 18.1 Å². The Kier molecular flexibility index (Phi) is 2.87. The van der Waals surface area contributed by atoms with Crippen LogP contribution in [-0.2, 0) is 0 Å². The maximum Gasteiger partial charge on any atom is 0.170 e. The maximum absolute atomic E-state index is 5.80. The third-order valence-corrected chi connectivity index (χ3v) is 3.52. The summed E-state index contributed by atoms with van der Waals surface area (Å²) in [5.41, 5.74) is 8.77. The van der Waals surface area contributed by atoms with E-state index >= 15 is 0 Å². The average molecular weight is 271 g/mol. The Balaban J connectivity index is 2.07. The van der Waals surface area contributed by atoms with Crippen LogP contribution in [0.25, 0.3) is 5.65 Å². The fourth-order valence-corrected chi connectivity index (χ4v) is 2.98. The van der Waals surface area contributed by atoms with Crippen LogP contribution in [0, 0.1) is 13.8 Å². The van der Waals surface area contributed by atoms with Crippen molar-refractivity contribution in [2.45, 2.75) is 23.9 Å². The van der Waals surface area contributed by atoms with Gasteiger partial charge in [0.2, 0.25) is 0 Å². The number of hydrogen-bond donors (Lipinski definition) is 1. The number of pyridine rings is 1. The van der Waals surface area contributed by atoms with Crippen molar-refractivity contribution >= 4 is 23.2 Å². The van der Waals surface area contributed by atoms with E-state index in [1.54, 1.807) is 12.4 Å². The number of nitrogen functional groups attached to an aromatic ring is 1. The van der Waals surface area contributed by atoms with Crippen LogP contribution >= 0.6 is 11.8 Å². The highest BCUT2D eigenvalue weighted by molar-refractivity contribution is 7.99. The molecule has 5 nitrogen and oxygen atoms in total. The van der Waals surface area contributed by atoms with E-state index in [2.05, 4.69) is 21.9 Å². The number of nitrogens with two attached hydrogens (primary N) is 1. The van der Waals surface area contributed by atoms with E-state index in [-0.39, 0.29) is 0 Å². The molecular weight excluding hydrogens is 258 g/mol.